The number of fused-ring (bicyclic) bond motifs is 4. The van der Waals surface area contributed by atoms with E-state index in [0.29, 0.717) is 25.4 Å². The molecule has 0 aromatic carbocycles. The third-order valence-electron chi connectivity index (χ3n) is 15.0. The van der Waals surface area contributed by atoms with E-state index in [2.05, 4.69) is 27.7 Å². The number of aliphatic hydroxyl groups is 3. The van der Waals surface area contributed by atoms with Gasteiger partial charge in [0, 0.05) is 12.8 Å². The first-order valence-electron chi connectivity index (χ1n) is 17.9. The summed E-state index contributed by atoms with van der Waals surface area (Å²) in [6.45, 7) is 13.9. The normalized spacial score (nSPS) is 53.2. The molecule has 5 N–H and O–H groups in total. The zero-order valence-corrected chi connectivity index (χ0v) is 28.8. The van der Waals surface area contributed by atoms with Gasteiger partial charge in [0.05, 0.1) is 36.1 Å². The van der Waals surface area contributed by atoms with Gasteiger partial charge in [-0.25, -0.2) is 0 Å². The summed E-state index contributed by atoms with van der Waals surface area (Å²) in [6, 6.07) is 0. The Kier molecular flexibility index (Phi) is 7.57. The van der Waals surface area contributed by atoms with E-state index in [-0.39, 0.29) is 45.9 Å². The number of Topliss-reactive ketones (excluding diaryl/α,β-unsaturated/α-hetero) is 1. The Labute approximate surface area is 273 Å². The maximum absolute atomic E-state index is 14.8. The van der Waals surface area contributed by atoms with Crippen molar-refractivity contribution in [1.29, 1.82) is 0 Å². The molecule has 7 rings (SSSR count). The fourth-order valence-electron chi connectivity index (χ4n) is 13.0. The van der Waals surface area contributed by atoms with Gasteiger partial charge in [0.15, 0.2) is 18.2 Å². The van der Waals surface area contributed by atoms with Crippen molar-refractivity contribution in [2.75, 3.05) is 6.61 Å². The predicted molar refractivity (Wildman–Crippen MR) is 167 cm³/mol. The van der Waals surface area contributed by atoms with E-state index in [9.17, 15) is 24.9 Å². The van der Waals surface area contributed by atoms with Crippen molar-refractivity contribution in [1.82, 2.24) is 0 Å². The Morgan fingerprint density at radius 3 is 2.39 bits per heavy atom. The van der Waals surface area contributed by atoms with Gasteiger partial charge in [0.25, 0.3) is 0 Å². The first-order chi connectivity index (χ1) is 21.3. The van der Waals surface area contributed by atoms with Crippen molar-refractivity contribution in [3.05, 3.63) is 0 Å². The molecule has 5 saturated carbocycles. The molecule has 15 atom stereocenters. The van der Waals surface area contributed by atoms with E-state index in [1.807, 2.05) is 0 Å². The van der Waals surface area contributed by atoms with Gasteiger partial charge in [-0.3, -0.25) is 9.59 Å². The van der Waals surface area contributed by atoms with Crippen LogP contribution in [0.25, 0.3) is 0 Å². The van der Waals surface area contributed by atoms with Crippen molar-refractivity contribution in [2.45, 2.75) is 160 Å². The molecular formula is C36H57NO9. The molecule has 0 radical (unpaired) electrons. The third kappa shape index (κ3) is 4.25. The molecule has 7 fully saturated rings. The van der Waals surface area contributed by atoms with E-state index in [1.165, 1.54) is 6.92 Å². The van der Waals surface area contributed by atoms with E-state index in [0.717, 1.165) is 44.9 Å². The number of ketones is 1. The summed E-state index contributed by atoms with van der Waals surface area (Å²) in [5.41, 5.74) is 4.79. The van der Waals surface area contributed by atoms with E-state index < -0.39 is 59.3 Å². The van der Waals surface area contributed by atoms with E-state index >= 15 is 0 Å². The van der Waals surface area contributed by atoms with Crippen LogP contribution in [-0.2, 0) is 28.5 Å². The lowest BCUT2D eigenvalue weighted by Gasteiger charge is -2.62. The van der Waals surface area contributed by atoms with Gasteiger partial charge in [-0.05, 0) is 111 Å². The third-order valence-corrected chi connectivity index (χ3v) is 15.0. The lowest BCUT2D eigenvalue weighted by atomic mass is 9.43. The topological polar surface area (TPSA) is 158 Å². The van der Waals surface area contributed by atoms with Crippen LogP contribution in [0.3, 0.4) is 0 Å². The van der Waals surface area contributed by atoms with Crippen LogP contribution in [0.1, 0.15) is 106 Å². The number of hydrogen-bond donors (Lipinski definition) is 4. The van der Waals surface area contributed by atoms with Gasteiger partial charge >= 0.3 is 5.97 Å². The molecule has 15 unspecified atom stereocenters. The van der Waals surface area contributed by atoms with Crippen molar-refractivity contribution in [3.8, 4) is 0 Å². The summed E-state index contributed by atoms with van der Waals surface area (Å²) in [5.74, 6) is 0.0286. The molecule has 10 heteroatoms. The van der Waals surface area contributed by atoms with Crippen LogP contribution in [0.4, 0.5) is 0 Å². The second kappa shape index (κ2) is 10.4. The molecule has 10 nitrogen and oxygen atoms in total. The quantitative estimate of drug-likeness (QED) is 0.258. The minimum atomic E-state index is -1.33. The largest absolute Gasteiger partial charge is 0.457 e. The summed E-state index contributed by atoms with van der Waals surface area (Å²) in [5, 5.41) is 31.8. The standard InChI is InChI=1S/C36H57NO9/c1-18-16-21(29(32(5,6)42)44-19(2)38)45-27-25(18)33(7)13-14-35-17-34(35)12-10-24(46-30-26(40)20(39)11-15-43-30)31(3,4)22(34)8-9-23(35)36(33,37)28(27)41/h18,20-27,29-30,39-40,42H,8-17,37H2,1-7H3. The van der Waals surface area contributed by atoms with E-state index in [4.69, 9.17) is 24.7 Å². The van der Waals surface area contributed by atoms with Crippen molar-refractivity contribution in [3.63, 3.8) is 0 Å². The Bertz CT molecular complexity index is 1270. The number of rotatable bonds is 5. The number of esters is 1. The first-order valence-corrected chi connectivity index (χ1v) is 17.9. The molecular weight excluding hydrogens is 590 g/mol. The fraction of sp³-hybridized carbons (Fsp3) is 0.944. The van der Waals surface area contributed by atoms with Gasteiger partial charge in [-0.1, -0.05) is 27.7 Å². The van der Waals surface area contributed by atoms with Crippen molar-refractivity contribution in [2.24, 2.45) is 51.1 Å². The Morgan fingerprint density at radius 2 is 1.72 bits per heavy atom. The Balaban J connectivity index is 1.15. The van der Waals surface area contributed by atoms with Crippen LogP contribution in [-0.4, -0.2) is 87.7 Å². The molecule has 2 aliphatic heterocycles. The van der Waals surface area contributed by atoms with Crippen molar-refractivity contribution < 1.29 is 43.9 Å². The number of ether oxygens (including phenoxy) is 4. The van der Waals surface area contributed by atoms with Gasteiger partial charge in [-0.15, -0.1) is 0 Å². The lowest BCUT2D eigenvalue weighted by molar-refractivity contribution is -0.284. The smallest absolute Gasteiger partial charge is 0.303 e. The molecule has 2 heterocycles. The van der Waals surface area contributed by atoms with Crippen LogP contribution in [0.15, 0.2) is 0 Å². The number of aliphatic hydroxyl groups excluding tert-OH is 2. The summed E-state index contributed by atoms with van der Waals surface area (Å²) < 4.78 is 24.5. The highest BCUT2D eigenvalue weighted by Crippen LogP contribution is 2.87. The minimum Gasteiger partial charge on any atom is -0.457 e. The van der Waals surface area contributed by atoms with Crippen LogP contribution in [0.5, 0.6) is 0 Å². The molecule has 2 saturated heterocycles. The minimum absolute atomic E-state index is 0.00260. The zero-order valence-electron chi connectivity index (χ0n) is 28.8. The molecule has 0 bridgehead atoms. The van der Waals surface area contributed by atoms with Gasteiger partial charge in [0.2, 0.25) is 0 Å². The lowest BCUT2D eigenvalue weighted by Crippen LogP contribution is -2.69. The predicted octanol–water partition coefficient (Wildman–Crippen LogP) is 3.26. The van der Waals surface area contributed by atoms with Crippen LogP contribution in [0.2, 0.25) is 0 Å². The Morgan fingerprint density at radius 1 is 1.04 bits per heavy atom. The highest BCUT2D eigenvalue weighted by molar-refractivity contribution is 5.97. The van der Waals surface area contributed by atoms with Crippen LogP contribution in [0, 0.1) is 45.3 Å². The molecule has 46 heavy (non-hydrogen) atoms. The maximum Gasteiger partial charge on any atom is 0.303 e. The second-order valence-electron chi connectivity index (χ2n) is 17.9. The maximum atomic E-state index is 14.8. The summed E-state index contributed by atoms with van der Waals surface area (Å²) in [6.07, 6.45) is 2.65. The summed E-state index contributed by atoms with van der Waals surface area (Å²) in [4.78, 5) is 26.8. The monoisotopic (exact) mass is 647 g/mol. The molecule has 0 aromatic rings. The van der Waals surface area contributed by atoms with Crippen LogP contribution < -0.4 is 5.73 Å². The summed E-state index contributed by atoms with van der Waals surface area (Å²) in [7, 11) is 0. The summed E-state index contributed by atoms with van der Waals surface area (Å²) >= 11 is 0. The average molecular weight is 648 g/mol. The fourth-order valence-corrected chi connectivity index (χ4v) is 13.0. The van der Waals surface area contributed by atoms with Gasteiger partial charge < -0.3 is 40.0 Å². The molecule has 0 aromatic heterocycles. The SMILES string of the molecule is CC(=O)OC(C1CC(C)C2C(O1)C(=O)C1(N)C3CCC4C(C)(C)C(OC5OCCC(O)C5O)CCC45CC35CCC21C)C(C)(C)O. The molecule has 0 amide bonds. The zero-order chi connectivity index (χ0) is 33.4. The number of hydrogen-bond acceptors (Lipinski definition) is 10. The second-order valence-corrected chi connectivity index (χ2v) is 17.9. The first kappa shape index (κ1) is 33.4. The molecule has 2 spiro atoms. The average Bonchev–Trinajstić information content (AvgIpc) is 3.59. The molecule has 5 aliphatic carbocycles. The molecule has 260 valence electrons. The van der Waals surface area contributed by atoms with Gasteiger partial charge in [-0.2, -0.15) is 0 Å². The van der Waals surface area contributed by atoms with Crippen molar-refractivity contribution >= 4 is 11.8 Å². The molecule has 7 aliphatic rings. The highest BCUT2D eigenvalue weighted by atomic mass is 16.7. The van der Waals surface area contributed by atoms with Gasteiger partial charge in [0.1, 0.15) is 12.2 Å². The number of nitrogens with two attached hydrogens (primary N) is 1. The Hall–Kier alpha value is -1.14. The number of carbonyl (C=O) groups is 2. The van der Waals surface area contributed by atoms with Crippen LogP contribution >= 0.6 is 0 Å². The highest BCUT2D eigenvalue weighted by Gasteiger charge is 2.85. The number of carbonyl (C=O) groups excluding carboxylic acids is 2. The van der Waals surface area contributed by atoms with E-state index in [1.54, 1.807) is 13.8 Å².